The molecule has 1 amide bonds. The number of carbonyl (C=O) groups is 1. The number of hydrogen-bond donors (Lipinski definition) is 0. The van der Waals surface area contributed by atoms with Crippen molar-refractivity contribution in [2.45, 2.75) is 32.2 Å². The van der Waals surface area contributed by atoms with Gasteiger partial charge in [-0.05, 0) is 74.7 Å². The molecule has 160 valence electrons. The predicted molar refractivity (Wildman–Crippen MR) is 115 cm³/mol. The number of halogens is 1. The predicted octanol–water partition coefficient (Wildman–Crippen LogP) is 4.07. The van der Waals surface area contributed by atoms with Crippen LogP contribution in [-0.2, 0) is 17.8 Å². The molecule has 0 spiro atoms. The van der Waals surface area contributed by atoms with Gasteiger partial charge in [0.05, 0.1) is 6.54 Å². The smallest absolute Gasteiger partial charge is 0.241 e. The van der Waals surface area contributed by atoms with Crippen molar-refractivity contribution >= 4 is 11.6 Å². The number of anilines is 1. The maximum Gasteiger partial charge on any atom is 0.241 e. The molecule has 3 heterocycles. The molecule has 1 saturated heterocycles. The van der Waals surface area contributed by atoms with Crippen molar-refractivity contribution < 1.29 is 13.7 Å². The monoisotopic (exact) mass is 420 g/mol. The second-order valence-electron chi connectivity index (χ2n) is 8.29. The molecule has 0 atom stereocenters. The maximum atomic E-state index is 13.2. The summed E-state index contributed by atoms with van der Waals surface area (Å²) in [6.07, 6.45) is 3.73. The number of amides is 1. The Hall–Kier alpha value is -3.06. The van der Waals surface area contributed by atoms with Gasteiger partial charge in [0.2, 0.25) is 17.6 Å². The topological polar surface area (TPSA) is 62.5 Å². The second kappa shape index (κ2) is 8.59. The molecule has 6 nitrogen and oxygen atoms in total. The Morgan fingerprint density at radius 3 is 2.65 bits per heavy atom. The summed E-state index contributed by atoms with van der Waals surface area (Å²) in [4.78, 5) is 21.9. The first-order chi connectivity index (χ1) is 15.2. The average molecular weight is 420 g/mol. The molecule has 2 aromatic carbocycles. The maximum absolute atomic E-state index is 13.2. The van der Waals surface area contributed by atoms with E-state index in [-0.39, 0.29) is 17.6 Å². The summed E-state index contributed by atoms with van der Waals surface area (Å²) >= 11 is 0. The highest BCUT2D eigenvalue weighted by Gasteiger charge is 2.31. The number of aromatic nitrogens is 2. The van der Waals surface area contributed by atoms with E-state index in [4.69, 9.17) is 4.52 Å². The molecule has 0 saturated carbocycles. The lowest BCUT2D eigenvalue weighted by Crippen LogP contribution is -2.44. The van der Waals surface area contributed by atoms with Gasteiger partial charge in [-0.3, -0.25) is 9.69 Å². The van der Waals surface area contributed by atoms with Crippen LogP contribution in [0.3, 0.4) is 0 Å². The fourth-order valence-corrected chi connectivity index (χ4v) is 4.55. The van der Waals surface area contributed by atoms with E-state index in [1.165, 1.54) is 17.7 Å². The molecule has 1 aromatic heterocycles. The van der Waals surface area contributed by atoms with Crippen LogP contribution < -0.4 is 4.90 Å². The fraction of sp³-hybridized carbons (Fsp3) is 0.375. The van der Waals surface area contributed by atoms with Crippen LogP contribution >= 0.6 is 0 Å². The lowest BCUT2D eigenvalue weighted by atomic mass is 9.93. The summed E-state index contributed by atoms with van der Waals surface area (Å²) in [5, 5.41) is 4.01. The number of piperidine rings is 1. The van der Waals surface area contributed by atoms with Crippen molar-refractivity contribution in [3.63, 3.8) is 0 Å². The van der Waals surface area contributed by atoms with Gasteiger partial charge in [0.25, 0.3) is 0 Å². The zero-order valence-electron chi connectivity index (χ0n) is 17.3. The van der Waals surface area contributed by atoms with Crippen LogP contribution in [0.25, 0.3) is 11.4 Å². The zero-order chi connectivity index (χ0) is 21.2. The van der Waals surface area contributed by atoms with Crippen molar-refractivity contribution in [3.8, 4) is 11.4 Å². The molecule has 3 aromatic rings. The first-order valence-corrected chi connectivity index (χ1v) is 10.9. The molecule has 0 aliphatic carbocycles. The first-order valence-electron chi connectivity index (χ1n) is 10.9. The number of para-hydroxylation sites is 1. The summed E-state index contributed by atoms with van der Waals surface area (Å²) in [5.41, 5.74) is 3.08. The standard InChI is InChI=1S/C24H25FN4O2/c25-20-9-7-18(8-10-20)23-26-22(31-27-23)16-28-14-11-19(12-15-28)24(30)29-13-3-5-17-4-1-2-6-21(17)29/h1-2,4,6-10,19H,3,5,11-16H2. The van der Waals surface area contributed by atoms with Crippen LogP contribution in [0.4, 0.5) is 10.1 Å². The Kier molecular flexibility index (Phi) is 5.51. The van der Waals surface area contributed by atoms with E-state index >= 15 is 0 Å². The van der Waals surface area contributed by atoms with Gasteiger partial charge in [-0.15, -0.1) is 0 Å². The lowest BCUT2D eigenvalue weighted by Gasteiger charge is -2.36. The van der Waals surface area contributed by atoms with Crippen LogP contribution in [0, 0.1) is 11.7 Å². The van der Waals surface area contributed by atoms with Gasteiger partial charge in [-0.25, -0.2) is 4.39 Å². The minimum Gasteiger partial charge on any atom is -0.338 e. The Bertz CT molecular complexity index is 1060. The highest BCUT2D eigenvalue weighted by molar-refractivity contribution is 5.96. The summed E-state index contributed by atoms with van der Waals surface area (Å²) < 4.78 is 18.5. The van der Waals surface area contributed by atoms with Gasteiger partial charge < -0.3 is 9.42 Å². The molecule has 7 heteroatoms. The minimum atomic E-state index is -0.294. The van der Waals surface area contributed by atoms with Gasteiger partial charge >= 0.3 is 0 Å². The molecule has 0 N–H and O–H groups in total. The highest BCUT2D eigenvalue weighted by Crippen LogP contribution is 2.30. The van der Waals surface area contributed by atoms with E-state index in [1.54, 1.807) is 12.1 Å². The number of aryl methyl sites for hydroxylation is 1. The van der Waals surface area contributed by atoms with E-state index in [9.17, 15) is 9.18 Å². The molecule has 0 radical (unpaired) electrons. The number of benzene rings is 2. The Balaban J connectivity index is 1.18. The third-order valence-corrected chi connectivity index (χ3v) is 6.24. The third-order valence-electron chi connectivity index (χ3n) is 6.24. The quantitative estimate of drug-likeness (QED) is 0.637. The largest absolute Gasteiger partial charge is 0.338 e. The first kappa shape index (κ1) is 19.9. The SMILES string of the molecule is O=C(C1CCN(Cc2nc(-c3ccc(F)cc3)no2)CC1)N1CCCc2ccccc21. The van der Waals surface area contributed by atoms with E-state index < -0.39 is 0 Å². The van der Waals surface area contributed by atoms with Crippen molar-refractivity contribution in [2.24, 2.45) is 5.92 Å². The summed E-state index contributed by atoms with van der Waals surface area (Å²) in [6.45, 7) is 3.01. The third kappa shape index (κ3) is 4.23. The second-order valence-corrected chi connectivity index (χ2v) is 8.29. The van der Waals surface area contributed by atoms with Gasteiger partial charge in [-0.1, -0.05) is 23.4 Å². The summed E-state index contributed by atoms with van der Waals surface area (Å²) in [6, 6.07) is 14.3. The van der Waals surface area contributed by atoms with Gasteiger partial charge in [0.15, 0.2) is 0 Å². The normalized spacial score (nSPS) is 17.5. The highest BCUT2D eigenvalue weighted by atomic mass is 19.1. The van der Waals surface area contributed by atoms with Crippen LogP contribution in [0.5, 0.6) is 0 Å². The Morgan fingerprint density at radius 1 is 1.06 bits per heavy atom. The number of rotatable bonds is 4. The van der Waals surface area contributed by atoms with Crippen LogP contribution in [0.15, 0.2) is 53.1 Å². The van der Waals surface area contributed by atoms with Gasteiger partial charge in [0, 0.05) is 23.7 Å². The number of carbonyl (C=O) groups excluding carboxylic acids is 1. The van der Waals surface area contributed by atoms with Crippen molar-refractivity contribution in [1.29, 1.82) is 0 Å². The molecule has 2 aliphatic heterocycles. The number of fused-ring (bicyclic) bond motifs is 1. The number of likely N-dealkylation sites (tertiary alicyclic amines) is 1. The Morgan fingerprint density at radius 2 is 1.84 bits per heavy atom. The molecule has 0 unspecified atom stereocenters. The van der Waals surface area contributed by atoms with Gasteiger partial charge in [-0.2, -0.15) is 4.98 Å². The molecular weight excluding hydrogens is 395 g/mol. The summed E-state index contributed by atoms with van der Waals surface area (Å²) in [7, 11) is 0. The van der Waals surface area contributed by atoms with E-state index in [0.717, 1.165) is 56.6 Å². The lowest BCUT2D eigenvalue weighted by molar-refractivity contribution is -0.124. The van der Waals surface area contributed by atoms with E-state index in [1.807, 2.05) is 17.0 Å². The van der Waals surface area contributed by atoms with Crippen molar-refractivity contribution in [1.82, 2.24) is 15.0 Å². The number of nitrogens with zero attached hydrogens (tertiary/aromatic N) is 4. The minimum absolute atomic E-state index is 0.0554. The molecule has 5 rings (SSSR count). The summed E-state index contributed by atoms with van der Waals surface area (Å²) in [5.74, 6) is 1.01. The molecular formula is C24H25FN4O2. The van der Waals surface area contributed by atoms with Crippen molar-refractivity contribution in [2.75, 3.05) is 24.5 Å². The molecule has 0 bridgehead atoms. The Labute approximate surface area is 180 Å². The van der Waals surface area contributed by atoms with Gasteiger partial charge in [0.1, 0.15) is 5.82 Å². The molecule has 31 heavy (non-hydrogen) atoms. The van der Waals surface area contributed by atoms with Crippen LogP contribution in [0.1, 0.15) is 30.7 Å². The average Bonchev–Trinajstić information content (AvgIpc) is 3.27. The fourth-order valence-electron chi connectivity index (χ4n) is 4.55. The molecule has 1 fully saturated rings. The molecule has 2 aliphatic rings. The number of hydrogen-bond acceptors (Lipinski definition) is 5. The zero-order valence-corrected chi connectivity index (χ0v) is 17.3. The van der Waals surface area contributed by atoms with Crippen molar-refractivity contribution in [3.05, 3.63) is 65.8 Å². The van der Waals surface area contributed by atoms with Crippen LogP contribution in [-0.4, -0.2) is 40.6 Å². The van der Waals surface area contributed by atoms with Crippen LogP contribution in [0.2, 0.25) is 0 Å². The van der Waals surface area contributed by atoms with E-state index in [2.05, 4.69) is 27.2 Å². The van der Waals surface area contributed by atoms with E-state index in [0.29, 0.717) is 18.3 Å².